The van der Waals surface area contributed by atoms with Gasteiger partial charge in [-0.3, -0.25) is 4.79 Å². The molecule has 0 saturated heterocycles. The monoisotopic (exact) mass is 375 g/mol. The molecule has 2 aromatic rings. The summed E-state index contributed by atoms with van der Waals surface area (Å²) in [6.07, 6.45) is 3.13. The number of furan rings is 1. The first-order valence-electron chi connectivity index (χ1n) is 8.48. The first-order valence-corrected chi connectivity index (χ1v) is 9.64. The molecule has 0 aliphatic rings. The maximum Gasteiger partial charge on any atom is 0.408 e. The van der Waals surface area contributed by atoms with Crippen molar-refractivity contribution in [2.75, 3.05) is 5.75 Å². The number of thioether (sulfide) groups is 1. The molecule has 26 heavy (non-hydrogen) atoms. The average Bonchev–Trinajstić information content (AvgIpc) is 3.06. The molecule has 0 saturated carbocycles. The number of ether oxygens (including phenoxy) is 1. The Balaban J connectivity index is 1.96. The van der Waals surface area contributed by atoms with Gasteiger partial charge in [0.15, 0.2) is 5.78 Å². The topological polar surface area (TPSA) is 68.5 Å². The summed E-state index contributed by atoms with van der Waals surface area (Å²) in [6, 6.07) is 10.9. The number of nitrogens with one attached hydrogen (secondary N) is 1. The van der Waals surface area contributed by atoms with E-state index in [1.54, 1.807) is 33.3 Å². The van der Waals surface area contributed by atoms with Crippen LogP contribution >= 0.6 is 11.8 Å². The van der Waals surface area contributed by atoms with Gasteiger partial charge in [-0.1, -0.05) is 30.3 Å². The van der Waals surface area contributed by atoms with E-state index in [0.717, 1.165) is 11.1 Å². The Morgan fingerprint density at radius 3 is 2.50 bits per heavy atom. The van der Waals surface area contributed by atoms with Crippen LogP contribution in [0, 0.1) is 0 Å². The first-order chi connectivity index (χ1) is 12.3. The van der Waals surface area contributed by atoms with Crippen molar-refractivity contribution >= 4 is 23.6 Å². The Labute approximate surface area is 158 Å². The van der Waals surface area contributed by atoms with Crippen LogP contribution in [0.4, 0.5) is 4.79 Å². The first kappa shape index (κ1) is 20.1. The second kappa shape index (κ2) is 9.48. The van der Waals surface area contributed by atoms with Gasteiger partial charge in [0.05, 0.1) is 24.3 Å². The van der Waals surface area contributed by atoms with Gasteiger partial charge in [0.1, 0.15) is 5.60 Å². The van der Waals surface area contributed by atoms with Crippen molar-refractivity contribution in [2.24, 2.45) is 0 Å². The van der Waals surface area contributed by atoms with Crippen molar-refractivity contribution in [3.8, 4) is 0 Å². The zero-order valence-electron chi connectivity index (χ0n) is 15.4. The predicted molar refractivity (Wildman–Crippen MR) is 103 cm³/mol. The molecular weight excluding hydrogens is 350 g/mol. The number of carbonyl (C=O) groups is 2. The molecule has 1 heterocycles. The highest BCUT2D eigenvalue weighted by Crippen LogP contribution is 2.15. The number of benzene rings is 1. The van der Waals surface area contributed by atoms with Crippen LogP contribution in [-0.2, 0) is 21.7 Å². The molecule has 0 aliphatic heterocycles. The average molecular weight is 375 g/mol. The Hall–Kier alpha value is -2.21. The van der Waals surface area contributed by atoms with Gasteiger partial charge < -0.3 is 14.5 Å². The summed E-state index contributed by atoms with van der Waals surface area (Å²) >= 11 is 1.50. The van der Waals surface area contributed by atoms with Gasteiger partial charge in [-0.25, -0.2) is 4.79 Å². The zero-order valence-corrected chi connectivity index (χ0v) is 16.2. The third kappa shape index (κ3) is 7.35. The van der Waals surface area contributed by atoms with Crippen molar-refractivity contribution in [1.82, 2.24) is 5.32 Å². The fraction of sp³-hybridized carbons (Fsp3) is 0.400. The maximum absolute atomic E-state index is 12.7. The van der Waals surface area contributed by atoms with Gasteiger partial charge in [-0.05, 0) is 38.8 Å². The van der Waals surface area contributed by atoms with Gasteiger partial charge in [-0.2, -0.15) is 0 Å². The van der Waals surface area contributed by atoms with E-state index in [1.165, 1.54) is 11.8 Å². The SMILES string of the molecule is CC(C)(C)OC(=O)N[C@@H](Cc1ccccc1)C(=O)CSCc1ccoc1. The van der Waals surface area contributed by atoms with E-state index in [2.05, 4.69) is 5.32 Å². The zero-order chi connectivity index (χ0) is 19.0. The minimum absolute atomic E-state index is 0.0341. The van der Waals surface area contributed by atoms with E-state index in [1.807, 2.05) is 36.4 Å². The molecule has 5 nitrogen and oxygen atoms in total. The van der Waals surface area contributed by atoms with Crippen LogP contribution < -0.4 is 5.32 Å². The van der Waals surface area contributed by atoms with Crippen LogP contribution in [0.25, 0.3) is 0 Å². The molecule has 6 heteroatoms. The van der Waals surface area contributed by atoms with E-state index in [9.17, 15) is 9.59 Å². The number of hydrogen-bond donors (Lipinski definition) is 1. The van der Waals surface area contributed by atoms with Gasteiger partial charge >= 0.3 is 6.09 Å². The number of hydrogen-bond acceptors (Lipinski definition) is 5. The van der Waals surface area contributed by atoms with E-state index >= 15 is 0 Å². The fourth-order valence-electron chi connectivity index (χ4n) is 2.29. The number of amides is 1. The summed E-state index contributed by atoms with van der Waals surface area (Å²) in [7, 11) is 0. The minimum Gasteiger partial charge on any atom is -0.472 e. The molecule has 1 aromatic carbocycles. The maximum atomic E-state index is 12.7. The number of alkyl carbamates (subject to hydrolysis) is 1. The second-order valence-electron chi connectivity index (χ2n) is 6.98. The van der Waals surface area contributed by atoms with Crippen molar-refractivity contribution in [1.29, 1.82) is 0 Å². The van der Waals surface area contributed by atoms with Crippen LogP contribution in [0.3, 0.4) is 0 Å². The summed E-state index contributed by atoms with van der Waals surface area (Å²) in [5.41, 5.74) is 1.41. The highest BCUT2D eigenvalue weighted by molar-refractivity contribution is 7.99. The molecule has 0 radical (unpaired) electrons. The fourth-order valence-corrected chi connectivity index (χ4v) is 3.19. The molecule has 0 aliphatic carbocycles. The van der Waals surface area contributed by atoms with Crippen molar-refractivity contribution in [3.63, 3.8) is 0 Å². The molecule has 0 bridgehead atoms. The molecule has 140 valence electrons. The largest absolute Gasteiger partial charge is 0.472 e. The summed E-state index contributed by atoms with van der Waals surface area (Å²) in [6.45, 7) is 5.38. The lowest BCUT2D eigenvalue weighted by atomic mass is 10.0. The predicted octanol–water partition coefficient (Wildman–Crippen LogP) is 4.22. The van der Waals surface area contributed by atoms with Gasteiger partial charge in [-0.15, -0.1) is 11.8 Å². The Kier molecular flexibility index (Phi) is 7.33. The van der Waals surface area contributed by atoms with Crippen molar-refractivity contribution < 1.29 is 18.7 Å². The van der Waals surface area contributed by atoms with Crippen LogP contribution in [0.15, 0.2) is 53.3 Å². The standard InChI is InChI=1S/C20H25NO4S/c1-20(2,3)25-19(23)21-17(11-15-7-5-4-6-8-15)18(22)14-26-13-16-9-10-24-12-16/h4-10,12,17H,11,13-14H2,1-3H3,(H,21,23)/t17-/m0/s1. The molecule has 2 rings (SSSR count). The van der Waals surface area contributed by atoms with E-state index in [0.29, 0.717) is 17.9 Å². The highest BCUT2D eigenvalue weighted by Gasteiger charge is 2.24. The van der Waals surface area contributed by atoms with Crippen LogP contribution in [0.5, 0.6) is 0 Å². The molecule has 1 N–H and O–H groups in total. The quantitative estimate of drug-likeness (QED) is 0.748. The molecule has 1 amide bonds. The summed E-state index contributed by atoms with van der Waals surface area (Å²) in [5, 5.41) is 2.72. The Bertz CT molecular complexity index is 692. The van der Waals surface area contributed by atoms with Gasteiger partial charge in [0.2, 0.25) is 0 Å². The Morgan fingerprint density at radius 1 is 1.15 bits per heavy atom. The van der Waals surface area contributed by atoms with E-state index in [4.69, 9.17) is 9.15 Å². The third-order valence-corrected chi connectivity index (χ3v) is 4.48. The van der Waals surface area contributed by atoms with Crippen molar-refractivity contribution in [2.45, 2.75) is 44.6 Å². The third-order valence-electron chi connectivity index (χ3n) is 3.46. The van der Waals surface area contributed by atoms with E-state index in [-0.39, 0.29) is 5.78 Å². The molecule has 0 unspecified atom stereocenters. The molecular formula is C20H25NO4S. The molecule has 1 aromatic heterocycles. The summed E-state index contributed by atoms with van der Waals surface area (Å²) in [5.74, 6) is 0.957. The number of Topliss-reactive ketones (excluding diaryl/α,β-unsaturated/α-hetero) is 1. The Morgan fingerprint density at radius 2 is 1.88 bits per heavy atom. The number of carbonyl (C=O) groups excluding carboxylic acids is 2. The lowest BCUT2D eigenvalue weighted by Crippen LogP contribution is -2.45. The number of rotatable bonds is 8. The van der Waals surface area contributed by atoms with E-state index < -0.39 is 17.7 Å². The molecule has 1 atom stereocenters. The highest BCUT2D eigenvalue weighted by atomic mass is 32.2. The van der Waals surface area contributed by atoms with Crippen molar-refractivity contribution in [3.05, 3.63) is 60.1 Å². The lowest BCUT2D eigenvalue weighted by Gasteiger charge is -2.23. The molecule has 0 fully saturated rings. The van der Waals surface area contributed by atoms with Gasteiger partial charge in [0, 0.05) is 11.3 Å². The van der Waals surface area contributed by atoms with Crippen LogP contribution in [-0.4, -0.2) is 29.3 Å². The summed E-state index contributed by atoms with van der Waals surface area (Å²) in [4.78, 5) is 24.8. The van der Waals surface area contributed by atoms with Crippen LogP contribution in [0.2, 0.25) is 0 Å². The number of ketones is 1. The normalized spacial score (nSPS) is 12.4. The lowest BCUT2D eigenvalue weighted by molar-refractivity contribution is -0.118. The molecule has 0 spiro atoms. The van der Waals surface area contributed by atoms with Gasteiger partial charge in [0.25, 0.3) is 0 Å². The minimum atomic E-state index is -0.621. The summed E-state index contributed by atoms with van der Waals surface area (Å²) < 4.78 is 10.3. The second-order valence-corrected chi connectivity index (χ2v) is 7.96. The smallest absolute Gasteiger partial charge is 0.408 e. The van der Waals surface area contributed by atoms with Crippen LogP contribution in [0.1, 0.15) is 31.9 Å².